The van der Waals surface area contributed by atoms with Crippen molar-refractivity contribution in [3.8, 4) is 17.2 Å². The van der Waals surface area contributed by atoms with Crippen LogP contribution in [0.3, 0.4) is 0 Å². The Morgan fingerprint density at radius 3 is 2.62 bits per heavy atom. The summed E-state index contributed by atoms with van der Waals surface area (Å²) < 4.78 is 25.2. The van der Waals surface area contributed by atoms with Crippen molar-refractivity contribution in [2.75, 3.05) is 14.2 Å². The van der Waals surface area contributed by atoms with Crippen LogP contribution in [0.5, 0.6) is 17.2 Å². The molecule has 156 valence electrons. The number of guanidine groups is 1. The van der Waals surface area contributed by atoms with Crippen LogP contribution in [0.1, 0.15) is 36.8 Å². The maximum atomic E-state index is 13.5. The largest absolute Gasteiger partial charge is 0.505 e. The second kappa shape index (κ2) is 10.0. The van der Waals surface area contributed by atoms with Gasteiger partial charge in [0.15, 0.2) is 29.0 Å². The number of phenolic OH excluding ortho intramolecular Hbond substituents is 1. The van der Waals surface area contributed by atoms with Crippen molar-refractivity contribution in [1.82, 2.24) is 10.6 Å². The van der Waals surface area contributed by atoms with Gasteiger partial charge in [-0.3, -0.25) is 4.99 Å². The van der Waals surface area contributed by atoms with Crippen LogP contribution in [0.25, 0.3) is 0 Å². The average molecular weight is 401 g/mol. The zero-order chi connectivity index (χ0) is 20.6. The maximum absolute atomic E-state index is 13.5. The second-order valence-electron chi connectivity index (χ2n) is 7.04. The fourth-order valence-corrected chi connectivity index (χ4v) is 3.41. The molecular weight excluding hydrogens is 373 g/mol. The van der Waals surface area contributed by atoms with Gasteiger partial charge in [-0.05, 0) is 49.4 Å². The molecule has 1 aliphatic rings. The Bertz CT molecular complexity index is 851. The van der Waals surface area contributed by atoms with E-state index in [0.29, 0.717) is 24.6 Å². The topological polar surface area (TPSA) is 75.1 Å². The molecule has 6 nitrogen and oxygen atoms in total. The lowest BCUT2D eigenvalue weighted by atomic mass is 10.1. The van der Waals surface area contributed by atoms with Crippen LogP contribution in [-0.2, 0) is 13.1 Å². The SMILES string of the molecule is CN=C(NCc1ccc(O)c(F)c1)NCc1cccc(OC)c1OC1CCCC1. The lowest BCUT2D eigenvalue weighted by Gasteiger charge is -2.20. The molecule has 0 aromatic heterocycles. The first kappa shape index (κ1) is 20.8. The number of nitrogens with one attached hydrogen (secondary N) is 2. The van der Waals surface area contributed by atoms with Gasteiger partial charge in [0.1, 0.15) is 0 Å². The molecular formula is C22H28FN3O3. The highest BCUT2D eigenvalue weighted by molar-refractivity contribution is 5.79. The first-order valence-electron chi connectivity index (χ1n) is 9.85. The number of benzene rings is 2. The van der Waals surface area contributed by atoms with Crippen LogP contribution in [-0.4, -0.2) is 31.3 Å². The third-order valence-corrected chi connectivity index (χ3v) is 5.01. The highest BCUT2D eigenvalue weighted by atomic mass is 19.1. The lowest BCUT2D eigenvalue weighted by Crippen LogP contribution is -2.36. The fraction of sp³-hybridized carbons (Fsp3) is 0.409. The standard InChI is InChI=1S/C22H28FN3O3/c1-24-22(25-13-15-10-11-19(27)18(23)12-15)26-14-16-6-5-9-20(28-2)21(16)29-17-7-3-4-8-17/h5-6,9-12,17,27H,3-4,7-8,13-14H2,1-2H3,(H2,24,25,26). The van der Waals surface area contributed by atoms with Gasteiger partial charge in [-0.25, -0.2) is 4.39 Å². The Morgan fingerprint density at radius 1 is 1.17 bits per heavy atom. The highest BCUT2D eigenvalue weighted by Gasteiger charge is 2.20. The monoisotopic (exact) mass is 401 g/mol. The van der Waals surface area contributed by atoms with Gasteiger partial charge in [0, 0.05) is 25.7 Å². The quantitative estimate of drug-likeness (QED) is 0.487. The van der Waals surface area contributed by atoms with E-state index in [4.69, 9.17) is 9.47 Å². The number of rotatable bonds is 7. The van der Waals surface area contributed by atoms with Crippen molar-refractivity contribution in [3.05, 3.63) is 53.3 Å². The van der Waals surface area contributed by atoms with Gasteiger partial charge in [-0.2, -0.15) is 0 Å². The number of ether oxygens (including phenoxy) is 2. The molecule has 0 bridgehead atoms. The van der Waals surface area contributed by atoms with Crippen LogP contribution in [0, 0.1) is 5.82 Å². The molecule has 1 aliphatic carbocycles. The van der Waals surface area contributed by atoms with Gasteiger partial charge in [0.2, 0.25) is 0 Å². The zero-order valence-corrected chi connectivity index (χ0v) is 16.9. The molecule has 3 rings (SSSR count). The third kappa shape index (κ3) is 5.53. The third-order valence-electron chi connectivity index (χ3n) is 5.01. The van der Waals surface area contributed by atoms with E-state index in [0.717, 1.165) is 29.9 Å². The molecule has 2 aromatic carbocycles. The van der Waals surface area contributed by atoms with E-state index in [-0.39, 0.29) is 11.9 Å². The summed E-state index contributed by atoms with van der Waals surface area (Å²) in [6.07, 6.45) is 4.75. The Hall–Kier alpha value is -2.96. The molecule has 0 saturated heterocycles. The van der Waals surface area contributed by atoms with E-state index in [1.165, 1.54) is 25.0 Å². The van der Waals surface area contributed by atoms with Gasteiger partial charge in [0.25, 0.3) is 0 Å². The molecule has 3 N–H and O–H groups in total. The van der Waals surface area contributed by atoms with Crippen LogP contribution in [0.15, 0.2) is 41.4 Å². The molecule has 7 heteroatoms. The fourth-order valence-electron chi connectivity index (χ4n) is 3.41. The summed E-state index contributed by atoms with van der Waals surface area (Å²) in [5.74, 6) is 1.07. The number of para-hydroxylation sites is 1. The van der Waals surface area contributed by atoms with Crippen LogP contribution < -0.4 is 20.1 Å². The minimum atomic E-state index is -0.641. The summed E-state index contributed by atoms with van der Waals surface area (Å²) in [5.41, 5.74) is 1.68. The second-order valence-corrected chi connectivity index (χ2v) is 7.04. The van der Waals surface area contributed by atoms with Crippen molar-refractivity contribution in [1.29, 1.82) is 0 Å². The molecule has 0 unspecified atom stereocenters. The lowest BCUT2D eigenvalue weighted by molar-refractivity contribution is 0.198. The summed E-state index contributed by atoms with van der Waals surface area (Å²) in [6, 6.07) is 10.1. The Morgan fingerprint density at radius 2 is 1.93 bits per heavy atom. The van der Waals surface area contributed by atoms with E-state index in [1.54, 1.807) is 20.2 Å². The smallest absolute Gasteiger partial charge is 0.191 e. The molecule has 0 atom stereocenters. The van der Waals surface area contributed by atoms with Gasteiger partial charge in [-0.15, -0.1) is 0 Å². The van der Waals surface area contributed by atoms with Crippen molar-refractivity contribution in [2.24, 2.45) is 4.99 Å². The van der Waals surface area contributed by atoms with Gasteiger partial charge < -0.3 is 25.2 Å². The number of methoxy groups -OCH3 is 1. The molecule has 0 amide bonds. The summed E-state index contributed by atoms with van der Waals surface area (Å²) in [4.78, 5) is 4.21. The minimum Gasteiger partial charge on any atom is -0.505 e. The molecule has 1 fully saturated rings. The molecule has 0 radical (unpaired) electrons. The predicted molar refractivity (Wildman–Crippen MR) is 111 cm³/mol. The summed E-state index contributed by atoms with van der Waals surface area (Å²) in [5, 5.41) is 15.7. The van der Waals surface area contributed by atoms with Crippen LogP contribution >= 0.6 is 0 Å². The molecule has 0 spiro atoms. The number of phenols is 1. The normalized spacial score (nSPS) is 14.7. The van der Waals surface area contributed by atoms with E-state index in [9.17, 15) is 9.50 Å². The minimum absolute atomic E-state index is 0.229. The number of halogens is 1. The average Bonchev–Trinajstić information content (AvgIpc) is 3.24. The van der Waals surface area contributed by atoms with Gasteiger partial charge in [0.05, 0.1) is 13.2 Å². The molecule has 2 aromatic rings. The number of aliphatic imine (C=N–C) groups is 1. The van der Waals surface area contributed by atoms with Crippen LogP contribution in [0.4, 0.5) is 4.39 Å². The number of nitrogens with zero attached hydrogens (tertiary/aromatic N) is 1. The zero-order valence-electron chi connectivity index (χ0n) is 16.9. The summed E-state index contributed by atoms with van der Waals surface area (Å²) in [6.45, 7) is 0.878. The Balaban J connectivity index is 1.63. The number of hydrogen-bond donors (Lipinski definition) is 3. The van der Waals surface area contributed by atoms with E-state index in [1.807, 2.05) is 18.2 Å². The van der Waals surface area contributed by atoms with Gasteiger partial charge >= 0.3 is 0 Å². The van der Waals surface area contributed by atoms with Gasteiger partial charge in [-0.1, -0.05) is 18.2 Å². The molecule has 1 saturated carbocycles. The van der Waals surface area contributed by atoms with E-state index >= 15 is 0 Å². The molecule has 29 heavy (non-hydrogen) atoms. The maximum Gasteiger partial charge on any atom is 0.191 e. The van der Waals surface area contributed by atoms with Crippen molar-refractivity contribution >= 4 is 5.96 Å². The van der Waals surface area contributed by atoms with Crippen molar-refractivity contribution in [3.63, 3.8) is 0 Å². The molecule has 0 aliphatic heterocycles. The van der Waals surface area contributed by atoms with Crippen molar-refractivity contribution in [2.45, 2.75) is 44.9 Å². The summed E-state index contributed by atoms with van der Waals surface area (Å²) >= 11 is 0. The highest BCUT2D eigenvalue weighted by Crippen LogP contribution is 2.34. The van der Waals surface area contributed by atoms with Crippen LogP contribution in [0.2, 0.25) is 0 Å². The number of hydrogen-bond acceptors (Lipinski definition) is 4. The predicted octanol–water partition coefficient (Wildman–Crippen LogP) is 3.73. The van der Waals surface area contributed by atoms with Crippen molar-refractivity contribution < 1.29 is 19.0 Å². The molecule has 0 heterocycles. The Labute approximate surface area is 170 Å². The summed E-state index contributed by atoms with van der Waals surface area (Å²) in [7, 11) is 3.32. The van der Waals surface area contributed by atoms with E-state index in [2.05, 4.69) is 15.6 Å². The first-order chi connectivity index (χ1) is 14.1. The Kier molecular flexibility index (Phi) is 7.16. The first-order valence-corrected chi connectivity index (χ1v) is 9.85. The van der Waals surface area contributed by atoms with E-state index < -0.39 is 5.82 Å². The number of aromatic hydroxyl groups is 1.